The van der Waals surface area contributed by atoms with Crippen molar-refractivity contribution < 1.29 is 0 Å². The Morgan fingerprint density at radius 1 is 0.551 bits per heavy atom. The van der Waals surface area contributed by atoms with Gasteiger partial charge in [-0.2, -0.15) is 0 Å². The minimum atomic E-state index is 0.151. The second kappa shape index (κ2) is 9.64. The molecule has 0 amide bonds. The molecule has 5 aliphatic rings. The Morgan fingerprint density at radius 2 is 1.31 bits per heavy atom. The van der Waals surface area contributed by atoms with Crippen LogP contribution >= 0.6 is 11.3 Å². The van der Waals surface area contributed by atoms with Crippen LogP contribution in [0.25, 0.3) is 75.6 Å². The van der Waals surface area contributed by atoms with Gasteiger partial charge in [0.1, 0.15) is 0 Å². The van der Waals surface area contributed by atoms with Gasteiger partial charge in [-0.05, 0) is 102 Å². The summed E-state index contributed by atoms with van der Waals surface area (Å²) in [5.41, 5.74) is 10.6. The number of fused-ring (bicyclic) bond motifs is 10. The van der Waals surface area contributed by atoms with E-state index in [1.54, 1.807) is 11.1 Å². The Bertz CT molecular complexity index is 2660. The molecule has 0 unspecified atom stereocenters. The lowest BCUT2D eigenvalue weighted by Gasteiger charge is -2.61. The minimum absolute atomic E-state index is 0.151. The van der Waals surface area contributed by atoms with E-state index in [0.29, 0.717) is 0 Å². The van der Waals surface area contributed by atoms with Gasteiger partial charge in [0, 0.05) is 47.5 Å². The predicted octanol–water partition coefficient (Wildman–Crippen LogP) is 12.2. The van der Waals surface area contributed by atoms with Crippen LogP contribution < -0.4 is 0 Å². The number of thiophene rings is 1. The molecule has 4 bridgehead atoms. The van der Waals surface area contributed by atoms with Gasteiger partial charge in [-0.15, -0.1) is 11.3 Å². The van der Waals surface area contributed by atoms with Crippen LogP contribution in [0.5, 0.6) is 0 Å². The second-order valence-corrected chi connectivity index (χ2v) is 16.4. The molecule has 0 saturated heterocycles. The van der Waals surface area contributed by atoms with Gasteiger partial charge in [0.15, 0.2) is 5.82 Å². The summed E-state index contributed by atoms with van der Waals surface area (Å²) in [6.07, 6.45) is 7.09. The van der Waals surface area contributed by atoms with Crippen molar-refractivity contribution in [3.63, 3.8) is 0 Å². The Balaban J connectivity index is 1.10. The number of hydrogen-bond donors (Lipinski definition) is 0. The molecule has 0 atom stereocenters. The highest BCUT2D eigenvalue weighted by molar-refractivity contribution is 7.25. The molecule has 13 rings (SSSR count). The Labute approximate surface area is 289 Å². The molecule has 4 fully saturated rings. The smallest absolute Gasteiger partial charge is 0.160 e. The fourth-order valence-corrected chi connectivity index (χ4v) is 12.6. The van der Waals surface area contributed by atoms with Gasteiger partial charge in [0.2, 0.25) is 0 Å². The molecule has 234 valence electrons. The van der Waals surface area contributed by atoms with Gasteiger partial charge in [-0.25, -0.2) is 9.97 Å². The van der Waals surface area contributed by atoms with E-state index in [-0.39, 0.29) is 5.41 Å². The van der Waals surface area contributed by atoms with Crippen molar-refractivity contribution in [1.29, 1.82) is 0 Å². The predicted molar refractivity (Wildman–Crippen MR) is 204 cm³/mol. The lowest BCUT2D eigenvalue weighted by atomic mass is 9.43. The maximum Gasteiger partial charge on any atom is 0.160 e. The van der Waals surface area contributed by atoms with Gasteiger partial charge in [-0.1, -0.05) is 103 Å². The Morgan fingerprint density at radius 3 is 2.16 bits per heavy atom. The molecule has 0 aliphatic heterocycles. The summed E-state index contributed by atoms with van der Waals surface area (Å²) >= 11 is 1.95. The third-order valence-electron chi connectivity index (χ3n) is 13.0. The first kappa shape index (κ1) is 27.0. The molecular weight excluding hydrogens is 613 g/mol. The van der Waals surface area contributed by atoms with Crippen molar-refractivity contribution >= 4 is 53.2 Å². The minimum Gasteiger partial charge on any atom is -0.227 e. The first-order valence-electron chi connectivity index (χ1n) is 18.1. The first-order chi connectivity index (χ1) is 24.2. The number of nitrogens with zero attached hydrogens (tertiary/aromatic N) is 2. The van der Waals surface area contributed by atoms with Crippen molar-refractivity contribution in [2.45, 2.75) is 37.5 Å². The van der Waals surface area contributed by atoms with Crippen molar-refractivity contribution in [2.24, 2.45) is 23.7 Å². The van der Waals surface area contributed by atoms with Crippen LogP contribution in [0.3, 0.4) is 0 Å². The molecule has 1 spiro atoms. The number of aromatic nitrogens is 2. The third kappa shape index (κ3) is 3.51. The quantitative estimate of drug-likeness (QED) is 0.175. The largest absolute Gasteiger partial charge is 0.227 e. The maximum absolute atomic E-state index is 5.32. The normalized spacial score (nSPS) is 24.8. The highest BCUT2D eigenvalue weighted by Gasteiger charge is 2.62. The highest BCUT2D eigenvalue weighted by Crippen LogP contribution is 2.70. The molecule has 6 aromatic carbocycles. The van der Waals surface area contributed by atoms with Gasteiger partial charge in [0.05, 0.1) is 11.2 Å². The van der Waals surface area contributed by atoms with Crippen LogP contribution in [0.1, 0.15) is 43.2 Å². The van der Waals surface area contributed by atoms with E-state index in [1.807, 2.05) is 11.3 Å². The third-order valence-corrected chi connectivity index (χ3v) is 14.2. The molecule has 5 aliphatic carbocycles. The molecule has 2 aromatic heterocycles. The van der Waals surface area contributed by atoms with Crippen LogP contribution in [0.2, 0.25) is 0 Å². The van der Waals surface area contributed by atoms with E-state index >= 15 is 0 Å². The molecule has 49 heavy (non-hydrogen) atoms. The van der Waals surface area contributed by atoms with E-state index in [0.717, 1.165) is 57.2 Å². The van der Waals surface area contributed by atoms with Gasteiger partial charge in [0.25, 0.3) is 0 Å². The summed E-state index contributed by atoms with van der Waals surface area (Å²) in [4.78, 5) is 10.6. The van der Waals surface area contributed by atoms with Crippen LogP contribution in [0.4, 0.5) is 0 Å². The zero-order chi connectivity index (χ0) is 31.8. The number of rotatable bonds is 2. The van der Waals surface area contributed by atoms with E-state index in [4.69, 9.17) is 9.97 Å². The van der Waals surface area contributed by atoms with Crippen LogP contribution in [0.15, 0.2) is 121 Å². The zero-order valence-corrected chi connectivity index (χ0v) is 28.0. The van der Waals surface area contributed by atoms with Crippen LogP contribution in [-0.2, 0) is 5.41 Å². The fraction of sp³-hybridized carbons (Fsp3) is 0.217. The van der Waals surface area contributed by atoms with Crippen molar-refractivity contribution in [3.05, 3.63) is 132 Å². The summed E-state index contributed by atoms with van der Waals surface area (Å²) in [5.74, 6) is 4.17. The molecule has 0 radical (unpaired) electrons. The summed E-state index contributed by atoms with van der Waals surface area (Å²) in [5, 5.41) is 6.37. The fourth-order valence-electron chi connectivity index (χ4n) is 11.5. The Hall–Kier alpha value is -4.86. The van der Waals surface area contributed by atoms with E-state index < -0.39 is 0 Å². The van der Waals surface area contributed by atoms with Gasteiger partial charge >= 0.3 is 0 Å². The molecule has 2 heterocycles. The lowest BCUT2D eigenvalue weighted by Crippen LogP contribution is -2.55. The van der Waals surface area contributed by atoms with Crippen LogP contribution in [0, 0.1) is 23.7 Å². The second-order valence-electron chi connectivity index (χ2n) is 15.3. The van der Waals surface area contributed by atoms with Crippen molar-refractivity contribution in [3.8, 4) is 33.8 Å². The molecule has 3 heteroatoms. The standard InChI is InChI=1S/C46H34N2S/c1-2-9-29(10-3-1)43-37-17-14-28-8-4-5-11-33(28)44(37)48-45(47-43)30-15-16-36-40(25-30)49-39-19-18-35-34-12-6-7-13-38(34)46(42(35)41(36)39)31-21-26-20-27(23-31)24-32(46)22-26/h1-19,25-27,31-32H,20-24H2. The highest BCUT2D eigenvalue weighted by atomic mass is 32.1. The average Bonchev–Trinajstić information content (AvgIpc) is 3.66. The summed E-state index contributed by atoms with van der Waals surface area (Å²) < 4.78 is 2.75. The van der Waals surface area contributed by atoms with E-state index in [1.165, 1.54) is 74.2 Å². The van der Waals surface area contributed by atoms with Gasteiger partial charge in [-0.3, -0.25) is 0 Å². The van der Waals surface area contributed by atoms with Gasteiger partial charge < -0.3 is 0 Å². The van der Waals surface area contributed by atoms with E-state index in [2.05, 4.69) is 121 Å². The molecule has 8 aromatic rings. The molecule has 0 N–H and O–H groups in total. The zero-order valence-electron chi connectivity index (χ0n) is 27.2. The molecule has 2 nitrogen and oxygen atoms in total. The molecule has 4 saturated carbocycles. The number of benzene rings is 6. The van der Waals surface area contributed by atoms with Crippen molar-refractivity contribution in [1.82, 2.24) is 9.97 Å². The van der Waals surface area contributed by atoms with Crippen molar-refractivity contribution in [2.75, 3.05) is 0 Å². The SMILES string of the molecule is c1ccc(-c2nc(-c3ccc4c(c3)sc3ccc5c(c34)C3(c4ccccc4-5)C4CC5CC(C4)CC3C5)nc3c2ccc2ccccc23)cc1. The number of hydrogen-bond acceptors (Lipinski definition) is 3. The summed E-state index contributed by atoms with van der Waals surface area (Å²) in [6, 6.07) is 45.0. The Kier molecular flexibility index (Phi) is 5.32. The topological polar surface area (TPSA) is 25.8 Å². The monoisotopic (exact) mass is 646 g/mol. The van der Waals surface area contributed by atoms with E-state index in [9.17, 15) is 0 Å². The summed E-state index contributed by atoms with van der Waals surface area (Å²) in [7, 11) is 0. The van der Waals surface area contributed by atoms with Crippen LogP contribution in [-0.4, -0.2) is 9.97 Å². The maximum atomic E-state index is 5.32. The lowest BCUT2D eigenvalue weighted by molar-refractivity contribution is -0.0393. The average molecular weight is 647 g/mol. The molecular formula is C46H34N2S. The first-order valence-corrected chi connectivity index (χ1v) is 18.9. The summed E-state index contributed by atoms with van der Waals surface area (Å²) in [6.45, 7) is 0.